The van der Waals surface area contributed by atoms with Crippen LogP contribution in [0.25, 0.3) is 0 Å². The van der Waals surface area contributed by atoms with Crippen molar-refractivity contribution >= 4 is 5.78 Å². The fraction of sp³-hybridized carbons (Fsp3) is 0.875. The smallest absolute Gasteiger partial charge is 0.213 e. The van der Waals surface area contributed by atoms with Gasteiger partial charge in [0.2, 0.25) is 6.04 Å². The third kappa shape index (κ3) is 2.03. The van der Waals surface area contributed by atoms with Gasteiger partial charge in [0, 0.05) is 30.6 Å². The average molecular weight is 171 g/mol. The van der Waals surface area contributed by atoms with Crippen LogP contribution in [0.5, 0.6) is 0 Å². The van der Waals surface area contributed by atoms with E-state index in [-0.39, 0.29) is 16.6 Å². The first kappa shape index (κ1) is 9.16. The normalized spacial score (nSPS) is 26.8. The van der Waals surface area contributed by atoms with Crippen LogP contribution in [0.15, 0.2) is 0 Å². The van der Waals surface area contributed by atoms with Crippen LogP contribution in [-0.2, 0) is 4.79 Å². The van der Waals surface area contributed by atoms with Crippen molar-refractivity contribution in [2.75, 3.05) is 0 Å². The lowest BCUT2D eigenvalue weighted by Crippen LogP contribution is -2.30. The maximum Gasteiger partial charge on any atom is 0.213 e. The van der Waals surface area contributed by atoms with E-state index < -0.39 is 6.04 Å². The van der Waals surface area contributed by atoms with Crippen LogP contribution in [0.2, 0.25) is 0 Å². The molecular formula is C8H13NO3. The minimum absolute atomic E-state index is 0.0266. The van der Waals surface area contributed by atoms with Gasteiger partial charge in [-0.1, -0.05) is 0 Å². The summed E-state index contributed by atoms with van der Waals surface area (Å²) in [4.78, 5) is 21.1. The van der Waals surface area contributed by atoms with Gasteiger partial charge in [-0.2, -0.15) is 0 Å². The second kappa shape index (κ2) is 3.65. The van der Waals surface area contributed by atoms with E-state index in [9.17, 15) is 14.9 Å². The first-order valence-electron chi connectivity index (χ1n) is 4.26. The molecule has 0 aromatic carbocycles. The van der Waals surface area contributed by atoms with Crippen LogP contribution in [0, 0.1) is 16.0 Å². The lowest BCUT2D eigenvalue weighted by Gasteiger charge is -2.21. The molecule has 0 amide bonds. The number of nitrogens with zero attached hydrogens (tertiary/aromatic N) is 1. The molecule has 1 aliphatic rings. The molecule has 1 rings (SSSR count). The first-order valence-corrected chi connectivity index (χ1v) is 4.26. The molecule has 0 spiro atoms. The van der Waals surface area contributed by atoms with Gasteiger partial charge < -0.3 is 0 Å². The Morgan fingerprint density at radius 2 is 2.33 bits per heavy atom. The predicted octanol–water partition coefficient (Wildman–Crippen LogP) is 1.41. The number of hydrogen-bond donors (Lipinski definition) is 0. The molecule has 0 saturated heterocycles. The van der Waals surface area contributed by atoms with Crippen molar-refractivity contribution in [2.45, 2.75) is 38.6 Å². The molecule has 0 unspecified atom stereocenters. The molecule has 68 valence electrons. The van der Waals surface area contributed by atoms with Crippen molar-refractivity contribution in [3.05, 3.63) is 10.1 Å². The number of carbonyl (C=O) groups excluding carboxylic acids is 1. The zero-order valence-electron chi connectivity index (χ0n) is 7.16. The highest BCUT2D eigenvalue weighted by Crippen LogP contribution is 2.25. The minimum atomic E-state index is -0.561. The van der Waals surface area contributed by atoms with E-state index in [2.05, 4.69) is 0 Å². The number of rotatable bonds is 2. The molecule has 12 heavy (non-hydrogen) atoms. The Balaban J connectivity index is 2.51. The van der Waals surface area contributed by atoms with Gasteiger partial charge >= 0.3 is 0 Å². The number of nitro groups is 1. The summed E-state index contributed by atoms with van der Waals surface area (Å²) >= 11 is 0. The fourth-order valence-corrected chi connectivity index (χ4v) is 1.64. The molecule has 0 aliphatic heterocycles. The summed E-state index contributed by atoms with van der Waals surface area (Å²) in [5.41, 5.74) is 0. The summed E-state index contributed by atoms with van der Waals surface area (Å²) in [7, 11) is 0. The van der Waals surface area contributed by atoms with Crippen LogP contribution in [0.1, 0.15) is 32.6 Å². The lowest BCUT2D eigenvalue weighted by molar-refractivity contribution is -0.528. The van der Waals surface area contributed by atoms with Crippen LogP contribution in [0.3, 0.4) is 0 Å². The lowest BCUT2D eigenvalue weighted by atomic mass is 9.84. The van der Waals surface area contributed by atoms with E-state index in [4.69, 9.17) is 0 Å². The SMILES string of the molecule is C[C@H]([C@@H]1CCCC(=O)C1)[N+](=O)[O-]. The molecule has 0 radical (unpaired) electrons. The summed E-state index contributed by atoms with van der Waals surface area (Å²) in [6, 6.07) is -0.561. The third-order valence-electron chi connectivity index (χ3n) is 2.54. The zero-order chi connectivity index (χ0) is 9.14. The summed E-state index contributed by atoms with van der Waals surface area (Å²) in [5, 5.41) is 10.4. The Labute approximate surface area is 71.1 Å². The van der Waals surface area contributed by atoms with Gasteiger partial charge in [-0.05, 0) is 12.8 Å². The van der Waals surface area contributed by atoms with Crippen LogP contribution in [0.4, 0.5) is 0 Å². The molecule has 1 aliphatic carbocycles. The Bertz CT molecular complexity index is 200. The highest BCUT2D eigenvalue weighted by atomic mass is 16.6. The van der Waals surface area contributed by atoms with Crippen molar-refractivity contribution in [1.29, 1.82) is 0 Å². The third-order valence-corrected chi connectivity index (χ3v) is 2.54. The molecule has 0 bridgehead atoms. The minimum Gasteiger partial charge on any atom is -0.300 e. The van der Waals surface area contributed by atoms with Crippen molar-refractivity contribution in [3.63, 3.8) is 0 Å². The number of ketones is 1. The molecule has 4 nitrogen and oxygen atoms in total. The Hall–Kier alpha value is -0.930. The molecule has 0 aromatic rings. The standard InChI is InChI=1S/C8H13NO3/c1-6(9(11)12)7-3-2-4-8(10)5-7/h6-7H,2-5H2,1H3/t6-,7-/m1/s1. The zero-order valence-corrected chi connectivity index (χ0v) is 7.16. The van der Waals surface area contributed by atoms with Crippen molar-refractivity contribution in [3.8, 4) is 0 Å². The second-order valence-electron chi connectivity index (χ2n) is 3.42. The van der Waals surface area contributed by atoms with E-state index in [0.29, 0.717) is 12.8 Å². The molecule has 2 atom stereocenters. The molecule has 0 N–H and O–H groups in total. The maximum atomic E-state index is 11.0. The molecular weight excluding hydrogens is 158 g/mol. The summed E-state index contributed by atoms with van der Waals surface area (Å²) in [5.74, 6) is 0.154. The highest BCUT2D eigenvalue weighted by Gasteiger charge is 2.30. The summed E-state index contributed by atoms with van der Waals surface area (Å²) < 4.78 is 0. The van der Waals surface area contributed by atoms with Crippen molar-refractivity contribution in [2.24, 2.45) is 5.92 Å². The van der Waals surface area contributed by atoms with Gasteiger partial charge in [-0.15, -0.1) is 0 Å². The van der Waals surface area contributed by atoms with Gasteiger partial charge in [0.15, 0.2) is 0 Å². The van der Waals surface area contributed by atoms with Gasteiger partial charge in [0.05, 0.1) is 0 Å². The molecule has 1 saturated carbocycles. The summed E-state index contributed by atoms with van der Waals surface area (Å²) in [6.45, 7) is 1.59. The van der Waals surface area contributed by atoms with E-state index >= 15 is 0 Å². The Morgan fingerprint density at radius 3 is 2.83 bits per heavy atom. The second-order valence-corrected chi connectivity index (χ2v) is 3.42. The predicted molar refractivity (Wildman–Crippen MR) is 43.4 cm³/mol. The Morgan fingerprint density at radius 1 is 1.67 bits per heavy atom. The molecule has 1 fully saturated rings. The maximum absolute atomic E-state index is 11.0. The average Bonchev–Trinajstić information content (AvgIpc) is 2.03. The van der Waals surface area contributed by atoms with Crippen LogP contribution >= 0.6 is 0 Å². The van der Waals surface area contributed by atoms with Crippen LogP contribution in [-0.4, -0.2) is 16.7 Å². The monoisotopic (exact) mass is 171 g/mol. The van der Waals surface area contributed by atoms with E-state index in [1.165, 1.54) is 0 Å². The van der Waals surface area contributed by atoms with Crippen LogP contribution < -0.4 is 0 Å². The van der Waals surface area contributed by atoms with Gasteiger partial charge in [0.25, 0.3) is 0 Å². The Kier molecular flexibility index (Phi) is 2.78. The van der Waals surface area contributed by atoms with E-state index in [1.807, 2.05) is 0 Å². The van der Waals surface area contributed by atoms with Gasteiger partial charge in [0.1, 0.15) is 5.78 Å². The highest BCUT2D eigenvalue weighted by molar-refractivity contribution is 5.79. The number of Topliss-reactive ketones (excluding diaryl/α,β-unsaturated/α-hetero) is 1. The van der Waals surface area contributed by atoms with Gasteiger partial charge in [-0.25, -0.2) is 0 Å². The van der Waals surface area contributed by atoms with E-state index in [0.717, 1.165) is 12.8 Å². The fourth-order valence-electron chi connectivity index (χ4n) is 1.64. The molecule has 0 heterocycles. The number of hydrogen-bond acceptors (Lipinski definition) is 3. The molecule has 4 heteroatoms. The number of carbonyl (C=O) groups is 1. The largest absolute Gasteiger partial charge is 0.300 e. The first-order chi connectivity index (χ1) is 5.61. The van der Waals surface area contributed by atoms with Crippen molar-refractivity contribution < 1.29 is 9.72 Å². The quantitative estimate of drug-likeness (QED) is 0.466. The van der Waals surface area contributed by atoms with E-state index in [1.54, 1.807) is 6.92 Å². The topological polar surface area (TPSA) is 60.2 Å². The van der Waals surface area contributed by atoms with Gasteiger partial charge in [-0.3, -0.25) is 14.9 Å². The molecule has 0 aromatic heterocycles. The summed E-state index contributed by atoms with van der Waals surface area (Å²) in [6.07, 6.45) is 2.67. The van der Waals surface area contributed by atoms with Crippen molar-refractivity contribution in [1.82, 2.24) is 0 Å².